The van der Waals surface area contributed by atoms with Crippen LogP contribution in [0.3, 0.4) is 0 Å². The Labute approximate surface area is 111 Å². The fourth-order valence-electron chi connectivity index (χ4n) is 1.48. The maximum atomic E-state index is 11.3. The number of aliphatic hydroxyl groups is 1. The van der Waals surface area contributed by atoms with Crippen LogP contribution < -0.4 is 4.74 Å². The van der Waals surface area contributed by atoms with Crippen molar-refractivity contribution in [3.8, 4) is 11.6 Å². The zero-order chi connectivity index (χ0) is 13.9. The largest absolute Gasteiger partial charge is 0.439 e. The summed E-state index contributed by atoms with van der Waals surface area (Å²) < 4.78 is 28.1. The van der Waals surface area contributed by atoms with Gasteiger partial charge in [0.15, 0.2) is 9.84 Å². The molecule has 0 aliphatic rings. The Hall–Kier alpha value is -1.92. The van der Waals surface area contributed by atoms with E-state index in [1.54, 1.807) is 24.3 Å². The van der Waals surface area contributed by atoms with Crippen LogP contribution in [0.5, 0.6) is 11.6 Å². The summed E-state index contributed by atoms with van der Waals surface area (Å²) in [5, 5.41) is 9.00. The quantitative estimate of drug-likeness (QED) is 0.923. The van der Waals surface area contributed by atoms with E-state index in [1.165, 1.54) is 18.3 Å². The van der Waals surface area contributed by atoms with Crippen LogP contribution in [0.15, 0.2) is 47.5 Å². The van der Waals surface area contributed by atoms with Gasteiger partial charge in [-0.15, -0.1) is 0 Å². The maximum absolute atomic E-state index is 11.3. The van der Waals surface area contributed by atoms with E-state index >= 15 is 0 Å². The molecule has 0 spiro atoms. The molecule has 0 atom stereocenters. The second kappa shape index (κ2) is 5.38. The number of rotatable bonds is 4. The normalized spacial score (nSPS) is 11.3. The standard InChI is InChI=1S/C13H13NO4S/c1-19(16,17)12-4-2-11(3-5-12)18-13-8-10(9-15)6-7-14-13/h2-8,15H,9H2,1H3. The second-order valence-electron chi connectivity index (χ2n) is 4.01. The number of sulfone groups is 1. The molecule has 0 saturated carbocycles. The van der Waals surface area contributed by atoms with Crippen LogP contribution in [0.1, 0.15) is 5.56 Å². The number of pyridine rings is 1. The van der Waals surface area contributed by atoms with Gasteiger partial charge in [-0.3, -0.25) is 0 Å². The molecular weight excluding hydrogens is 266 g/mol. The van der Waals surface area contributed by atoms with Gasteiger partial charge in [0.1, 0.15) is 5.75 Å². The molecule has 19 heavy (non-hydrogen) atoms. The molecule has 0 fully saturated rings. The van der Waals surface area contributed by atoms with Crippen molar-refractivity contribution in [3.63, 3.8) is 0 Å². The number of aliphatic hydroxyl groups excluding tert-OH is 1. The van der Waals surface area contributed by atoms with E-state index in [1.807, 2.05) is 0 Å². The molecule has 0 bridgehead atoms. The molecule has 1 N–H and O–H groups in total. The van der Waals surface area contributed by atoms with E-state index in [0.29, 0.717) is 17.2 Å². The Morgan fingerprint density at radius 3 is 2.47 bits per heavy atom. The van der Waals surface area contributed by atoms with Crippen molar-refractivity contribution in [2.45, 2.75) is 11.5 Å². The number of aromatic nitrogens is 1. The van der Waals surface area contributed by atoms with Crippen LogP contribution in [0.25, 0.3) is 0 Å². The highest BCUT2D eigenvalue weighted by Gasteiger charge is 2.07. The van der Waals surface area contributed by atoms with Gasteiger partial charge in [0.05, 0.1) is 11.5 Å². The van der Waals surface area contributed by atoms with Crippen molar-refractivity contribution in [2.24, 2.45) is 0 Å². The Balaban J connectivity index is 2.19. The molecule has 2 aromatic rings. The van der Waals surface area contributed by atoms with Gasteiger partial charge in [-0.05, 0) is 35.9 Å². The summed E-state index contributed by atoms with van der Waals surface area (Å²) >= 11 is 0. The van der Waals surface area contributed by atoms with Gasteiger partial charge in [0, 0.05) is 18.5 Å². The van der Waals surface area contributed by atoms with Crippen LogP contribution in [0.4, 0.5) is 0 Å². The molecule has 2 rings (SSSR count). The van der Waals surface area contributed by atoms with Crippen molar-refractivity contribution in [1.82, 2.24) is 4.98 Å². The first-order chi connectivity index (χ1) is 8.99. The Bertz CT molecular complexity index is 665. The van der Waals surface area contributed by atoms with Gasteiger partial charge in [0.2, 0.25) is 5.88 Å². The summed E-state index contributed by atoms with van der Waals surface area (Å²) in [6.45, 7) is -0.0914. The highest BCUT2D eigenvalue weighted by atomic mass is 32.2. The van der Waals surface area contributed by atoms with E-state index in [0.717, 1.165) is 6.26 Å². The Morgan fingerprint density at radius 2 is 1.89 bits per heavy atom. The average Bonchev–Trinajstić information content (AvgIpc) is 2.38. The molecule has 0 aliphatic carbocycles. The monoisotopic (exact) mass is 279 g/mol. The van der Waals surface area contributed by atoms with Gasteiger partial charge >= 0.3 is 0 Å². The van der Waals surface area contributed by atoms with E-state index in [4.69, 9.17) is 9.84 Å². The highest BCUT2D eigenvalue weighted by Crippen LogP contribution is 2.21. The first kappa shape index (κ1) is 13.5. The summed E-state index contributed by atoms with van der Waals surface area (Å²) in [7, 11) is -3.21. The zero-order valence-electron chi connectivity index (χ0n) is 10.3. The molecule has 6 heteroatoms. The lowest BCUT2D eigenvalue weighted by Gasteiger charge is -2.06. The number of hydrogen-bond acceptors (Lipinski definition) is 5. The Morgan fingerprint density at radius 1 is 1.21 bits per heavy atom. The van der Waals surface area contributed by atoms with Crippen molar-refractivity contribution in [1.29, 1.82) is 0 Å². The SMILES string of the molecule is CS(=O)(=O)c1ccc(Oc2cc(CO)ccn2)cc1. The summed E-state index contributed by atoms with van der Waals surface area (Å²) in [5.74, 6) is 0.827. The maximum Gasteiger partial charge on any atom is 0.219 e. The minimum absolute atomic E-state index is 0.0914. The van der Waals surface area contributed by atoms with Crippen LogP contribution in [0, 0.1) is 0 Å². The third-order valence-corrected chi connectivity index (χ3v) is 3.58. The third-order valence-electron chi connectivity index (χ3n) is 2.46. The Kier molecular flexibility index (Phi) is 3.82. The fraction of sp³-hybridized carbons (Fsp3) is 0.154. The van der Waals surface area contributed by atoms with Gasteiger partial charge in [0.25, 0.3) is 0 Å². The molecule has 0 amide bonds. The number of ether oxygens (including phenoxy) is 1. The predicted molar refractivity (Wildman–Crippen MR) is 69.8 cm³/mol. The summed E-state index contributed by atoms with van der Waals surface area (Å²) in [4.78, 5) is 4.24. The minimum Gasteiger partial charge on any atom is -0.439 e. The number of hydrogen-bond donors (Lipinski definition) is 1. The van der Waals surface area contributed by atoms with Crippen LogP contribution in [0.2, 0.25) is 0 Å². The number of benzene rings is 1. The van der Waals surface area contributed by atoms with Crippen molar-refractivity contribution < 1.29 is 18.3 Å². The molecule has 5 nitrogen and oxygen atoms in total. The smallest absolute Gasteiger partial charge is 0.219 e. The second-order valence-corrected chi connectivity index (χ2v) is 6.02. The van der Waals surface area contributed by atoms with Crippen LogP contribution in [-0.4, -0.2) is 24.8 Å². The van der Waals surface area contributed by atoms with Crippen molar-refractivity contribution in [2.75, 3.05) is 6.26 Å². The van der Waals surface area contributed by atoms with E-state index in [9.17, 15) is 8.42 Å². The molecule has 0 aliphatic heterocycles. The first-order valence-electron chi connectivity index (χ1n) is 5.53. The van der Waals surface area contributed by atoms with Gasteiger partial charge in [-0.25, -0.2) is 13.4 Å². The van der Waals surface area contributed by atoms with Crippen LogP contribution >= 0.6 is 0 Å². The molecule has 1 aromatic heterocycles. The van der Waals surface area contributed by atoms with E-state index in [-0.39, 0.29) is 11.5 Å². The zero-order valence-corrected chi connectivity index (χ0v) is 11.1. The number of nitrogens with zero attached hydrogens (tertiary/aromatic N) is 1. The fourth-order valence-corrected chi connectivity index (χ4v) is 2.11. The minimum atomic E-state index is -3.21. The summed E-state index contributed by atoms with van der Waals surface area (Å²) in [6.07, 6.45) is 2.68. The topological polar surface area (TPSA) is 76.5 Å². The van der Waals surface area contributed by atoms with Gasteiger partial charge in [-0.2, -0.15) is 0 Å². The lowest BCUT2D eigenvalue weighted by Crippen LogP contribution is -1.96. The third kappa shape index (κ3) is 3.52. The van der Waals surface area contributed by atoms with Gasteiger partial charge < -0.3 is 9.84 Å². The molecule has 0 radical (unpaired) electrons. The lowest BCUT2D eigenvalue weighted by molar-refractivity contribution is 0.281. The summed E-state index contributed by atoms with van der Waals surface area (Å²) in [5.41, 5.74) is 0.692. The molecule has 0 unspecified atom stereocenters. The molecular formula is C13H13NO4S. The first-order valence-corrected chi connectivity index (χ1v) is 7.42. The average molecular weight is 279 g/mol. The van der Waals surface area contributed by atoms with Crippen molar-refractivity contribution >= 4 is 9.84 Å². The molecule has 1 heterocycles. The van der Waals surface area contributed by atoms with Crippen molar-refractivity contribution in [3.05, 3.63) is 48.2 Å². The molecule has 1 aromatic carbocycles. The summed E-state index contributed by atoms with van der Waals surface area (Å²) in [6, 6.07) is 9.36. The molecule has 100 valence electrons. The van der Waals surface area contributed by atoms with Crippen LogP contribution in [-0.2, 0) is 16.4 Å². The predicted octanol–water partition coefficient (Wildman–Crippen LogP) is 1.77. The molecule has 0 saturated heterocycles. The van der Waals surface area contributed by atoms with Gasteiger partial charge in [-0.1, -0.05) is 0 Å². The lowest BCUT2D eigenvalue weighted by atomic mass is 10.3. The highest BCUT2D eigenvalue weighted by molar-refractivity contribution is 7.90. The van der Waals surface area contributed by atoms with E-state index in [2.05, 4.69) is 4.98 Å². The van der Waals surface area contributed by atoms with E-state index < -0.39 is 9.84 Å².